The minimum absolute atomic E-state index is 0.00709. The van der Waals surface area contributed by atoms with Gasteiger partial charge in [-0.15, -0.1) is 11.3 Å². The van der Waals surface area contributed by atoms with Crippen molar-refractivity contribution in [2.75, 3.05) is 32.7 Å². The van der Waals surface area contributed by atoms with Gasteiger partial charge in [0.15, 0.2) is 0 Å². The normalized spacial score (nSPS) is 15.2. The Balaban J connectivity index is 0.000000480. The third kappa shape index (κ3) is 7.52. The summed E-state index contributed by atoms with van der Waals surface area (Å²) in [5, 5.41) is 15.9. The van der Waals surface area contributed by atoms with Crippen LogP contribution >= 0.6 is 11.3 Å². The molecule has 9 nitrogen and oxygen atoms in total. The first-order valence-electron chi connectivity index (χ1n) is 7.85. The molecule has 1 aromatic heterocycles. The van der Waals surface area contributed by atoms with Gasteiger partial charge in [0, 0.05) is 26.2 Å². The Kier molecular flexibility index (Phi) is 8.37. The molecule has 0 unspecified atom stereocenters. The number of carboxylic acids is 2. The number of carboxylic acid groups (broad SMARTS) is 2. The Morgan fingerprint density at radius 2 is 1.61 bits per heavy atom. The van der Waals surface area contributed by atoms with E-state index in [0.29, 0.717) is 35.9 Å². The number of nitrogens with zero attached hydrogens (tertiary/aromatic N) is 2. The van der Waals surface area contributed by atoms with Crippen molar-refractivity contribution in [3.63, 3.8) is 0 Å². The highest BCUT2D eigenvalue weighted by Gasteiger charge is 2.38. The molecule has 1 fully saturated rings. The quantitative estimate of drug-likeness (QED) is 0.645. The van der Waals surface area contributed by atoms with Crippen LogP contribution in [0.1, 0.15) is 25.8 Å². The molecule has 0 atom stereocenters. The van der Waals surface area contributed by atoms with Gasteiger partial charge in [-0.05, 0) is 18.6 Å². The maximum atomic E-state index is 12.4. The monoisotopic (exact) mass is 425 g/mol. The van der Waals surface area contributed by atoms with Crippen LogP contribution in [0.5, 0.6) is 0 Å². The van der Waals surface area contributed by atoms with Gasteiger partial charge in [0.1, 0.15) is 0 Å². The van der Waals surface area contributed by atoms with E-state index in [1.165, 1.54) is 0 Å². The van der Waals surface area contributed by atoms with Crippen molar-refractivity contribution >= 4 is 35.1 Å². The minimum atomic E-state index is -5.08. The first kappa shape index (κ1) is 23.4. The number of rotatable bonds is 4. The highest BCUT2D eigenvalue weighted by molar-refractivity contribution is 7.15. The van der Waals surface area contributed by atoms with Crippen LogP contribution in [-0.2, 0) is 9.59 Å². The number of halogens is 3. The molecule has 1 aliphatic rings. The SMILES string of the molecule is NC(=O)c1ccc(C(=O)N2CCCN(CC(=O)O)CC2)s1.O=C(O)C(F)(F)F. The molecule has 0 bridgehead atoms. The molecular weight excluding hydrogens is 407 g/mol. The van der Waals surface area contributed by atoms with Crippen LogP contribution in [0.4, 0.5) is 13.2 Å². The third-order valence-corrected chi connectivity index (χ3v) is 4.62. The fraction of sp³-hybridized carbons (Fsp3) is 0.467. The van der Waals surface area contributed by atoms with E-state index < -0.39 is 24.0 Å². The van der Waals surface area contributed by atoms with Gasteiger partial charge in [-0.25, -0.2) is 4.79 Å². The fourth-order valence-corrected chi connectivity index (χ4v) is 3.09. The number of alkyl halides is 3. The summed E-state index contributed by atoms with van der Waals surface area (Å²) < 4.78 is 31.7. The molecule has 1 aromatic rings. The highest BCUT2D eigenvalue weighted by Crippen LogP contribution is 2.19. The van der Waals surface area contributed by atoms with E-state index in [4.69, 9.17) is 20.7 Å². The van der Waals surface area contributed by atoms with Crippen LogP contribution in [0.3, 0.4) is 0 Å². The fourth-order valence-electron chi connectivity index (χ4n) is 2.26. The van der Waals surface area contributed by atoms with Gasteiger partial charge in [-0.3, -0.25) is 19.3 Å². The zero-order valence-corrected chi connectivity index (χ0v) is 15.3. The number of primary amides is 1. The van der Waals surface area contributed by atoms with Crippen LogP contribution in [0.25, 0.3) is 0 Å². The summed E-state index contributed by atoms with van der Waals surface area (Å²) in [4.78, 5) is 47.4. The smallest absolute Gasteiger partial charge is 0.480 e. The largest absolute Gasteiger partial charge is 0.490 e. The van der Waals surface area contributed by atoms with E-state index in [1.54, 1.807) is 17.0 Å². The molecule has 0 aliphatic carbocycles. The molecule has 1 aliphatic heterocycles. The van der Waals surface area contributed by atoms with Crippen molar-refractivity contribution in [2.24, 2.45) is 5.73 Å². The van der Waals surface area contributed by atoms with Crippen LogP contribution in [0.2, 0.25) is 0 Å². The molecule has 13 heteroatoms. The number of hydrogen-bond donors (Lipinski definition) is 3. The number of aliphatic carboxylic acids is 2. The van der Waals surface area contributed by atoms with Crippen molar-refractivity contribution in [1.29, 1.82) is 0 Å². The van der Waals surface area contributed by atoms with E-state index in [-0.39, 0.29) is 12.5 Å². The lowest BCUT2D eigenvalue weighted by molar-refractivity contribution is -0.192. The molecule has 0 saturated carbocycles. The number of carbonyl (C=O) groups excluding carboxylic acids is 2. The molecule has 0 spiro atoms. The van der Waals surface area contributed by atoms with Crippen molar-refractivity contribution in [2.45, 2.75) is 12.6 Å². The maximum Gasteiger partial charge on any atom is 0.490 e. The molecule has 0 radical (unpaired) electrons. The van der Waals surface area contributed by atoms with Gasteiger partial charge in [0.2, 0.25) is 0 Å². The van der Waals surface area contributed by atoms with Gasteiger partial charge < -0.3 is 20.8 Å². The molecule has 1 saturated heterocycles. The van der Waals surface area contributed by atoms with E-state index >= 15 is 0 Å². The lowest BCUT2D eigenvalue weighted by Gasteiger charge is -2.20. The molecular formula is C15H18F3N3O6S. The van der Waals surface area contributed by atoms with Gasteiger partial charge in [0.05, 0.1) is 16.3 Å². The van der Waals surface area contributed by atoms with Crippen LogP contribution in [0, 0.1) is 0 Å². The topological polar surface area (TPSA) is 141 Å². The van der Waals surface area contributed by atoms with E-state index in [9.17, 15) is 27.6 Å². The average Bonchev–Trinajstić information content (AvgIpc) is 2.96. The average molecular weight is 425 g/mol. The summed E-state index contributed by atoms with van der Waals surface area (Å²) in [6.45, 7) is 2.25. The maximum absolute atomic E-state index is 12.4. The van der Waals surface area contributed by atoms with Crippen LogP contribution < -0.4 is 5.73 Å². The molecule has 4 N–H and O–H groups in total. The number of amides is 2. The molecule has 2 heterocycles. The second kappa shape index (κ2) is 10.0. The number of thiophene rings is 1. The minimum Gasteiger partial charge on any atom is -0.480 e. The lowest BCUT2D eigenvalue weighted by Crippen LogP contribution is -2.36. The predicted octanol–water partition coefficient (Wildman–Crippen LogP) is 0.713. The van der Waals surface area contributed by atoms with Crippen molar-refractivity contribution in [3.05, 3.63) is 21.9 Å². The van der Waals surface area contributed by atoms with Crippen molar-refractivity contribution in [3.8, 4) is 0 Å². The van der Waals surface area contributed by atoms with E-state index in [0.717, 1.165) is 17.8 Å². The molecule has 0 aromatic carbocycles. The molecule has 2 amide bonds. The molecule has 2 rings (SSSR count). The second-order valence-electron chi connectivity index (χ2n) is 5.65. The highest BCUT2D eigenvalue weighted by atomic mass is 32.1. The Hall–Kier alpha value is -2.67. The van der Waals surface area contributed by atoms with E-state index in [1.807, 2.05) is 4.90 Å². The zero-order chi connectivity index (χ0) is 21.5. The number of carbonyl (C=O) groups is 4. The molecule has 28 heavy (non-hydrogen) atoms. The summed E-state index contributed by atoms with van der Waals surface area (Å²) in [7, 11) is 0. The molecule has 156 valence electrons. The van der Waals surface area contributed by atoms with Gasteiger partial charge in [0.25, 0.3) is 11.8 Å². The number of hydrogen-bond acceptors (Lipinski definition) is 6. The van der Waals surface area contributed by atoms with Crippen molar-refractivity contribution in [1.82, 2.24) is 9.80 Å². The third-order valence-electron chi connectivity index (χ3n) is 3.54. The summed E-state index contributed by atoms with van der Waals surface area (Å²) in [6, 6.07) is 3.15. The van der Waals surface area contributed by atoms with Gasteiger partial charge >= 0.3 is 18.1 Å². The van der Waals surface area contributed by atoms with Crippen LogP contribution in [0.15, 0.2) is 12.1 Å². The first-order chi connectivity index (χ1) is 12.9. The second-order valence-corrected chi connectivity index (χ2v) is 6.73. The van der Waals surface area contributed by atoms with Crippen LogP contribution in [-0.4, -0.2) is 82.7 Å². The van der Waals surface area contributed by atoms with E-state index in [2.05, 4.69) is 0 Å². The number of nitrogens with two attached hydrogens (primary N) is 1. The van der Waals surface area contributed by atoms with Gasteiger partial charge in [-0.1, -0.05) is 0 Å². The van der Waals surface area contributed by atoms with Crippen molar-refractivity contribution < 1.29 is 42.6 Å². The summed E-state index contributed by atoms with van der Waals surface area (Å²) in [5.41, 5.74) is 5.18. The Morgan fingerprint density at radius 3 is 2.07 bits per heavy atom. The van der Waals surface area contributed by atoms with Gasteiger partial charge in [-0.2, -0.15) is 13.2 Å². The summed E-state index contributed by atoms with van der Waals surface area (Å²) >= 11 is 1.09. The Bertz CT molecular complexity index is 737. The Labute approximate surface area is 161 Å². The predicted molar refractivity (Wildman–Crippen MR) is 91.1 cm³/mol. The lowest BCUT2D eigenvalue weighted by atomic mass is 10.3. The standard InChI is InChI=1S/C13H17N3O4S.C2HF3O2/c14-12(19)9-2-3-10(21-9)13(20)16-5-1-4-15(6-7-16)8-11(17)18;3-2(4,5)1(6)7/h2-3H,1,4-8H2,(H2,14,19)(H,17,18);(H,6,7). The summed E-state index contributed by atoms with van der Waals surface area (Å²) in [5.74, 6) is -4.29. The zero-order valence-electron chi connectivity index (χ0n) is 14.4. The summed E-state index contributed by atoms with van der Waals surface area (Å²) in [6.07, 6.45) is -4.35. The Morgan fingerprint density at radius 1 is 1.04 bits per heavy atom. The first-order valence-corrected chi connectivity index (χ1v) is 8.66.